The molecule has 8 nitrogen and oxygen atoms in total. The van der Waals surface area contributed by atoms with Crippen molar-refractivity contribution in [2.45, 2.75) is 0 Å². The number of nitro benzene ring substituents is 1. The summed E-state index contributed by atoms with van der Waals surface area (Å²) in [5.74, 6) is 0.845. The topological polar surface area (TPSA) is 108 Å². The Labute approximate surface area is 209 Å². The summed E-state index contributed by atoms with van der Waals surface area (Å²) >= 11 is 1.57. The molecule has 2 heterocycles. The van der Waals surface area contributed by atoms with Gasteiger partial charge in [0.2, 0.25) is 5.91 Å². The number of nitrogens with one attached hydrogen (secondary N) is 1. The van der Waals surface area contributed by atoms with Crippen LogP contribution in [0, 0.1) is 10.1 Å². The second kappa shape index (κ2) is 9.85. The van der Waals surface area contributed by atoms with Crippen molar-refractivity contribution in [3.63, 3.8) is 0 Å². The summed E-state index contributed by atoms with van der Waals surface area (Å²) in [6.45, 7) is 0. The number of hydrogen-bond donors (Lipinski definition) is 1. The van der Waals surface area contributed by atoms with E-state index in [1.165, 1.54) is 25.3 Å². The van der Waals surface area contributed by atoms with E-state index in [-0.39, 0.29) is 5.69 Å². The first kappa shape index (κ1) is 23.0. The molecule has 0 radical (unpaired) electrons. The standard InChI is InChI=1S/C27H19N3O5S/c1-34-24-13-10-17(27-29-20-7-3-5-9-25(20)36-27)16-21(24)28-26(31)15-12-18-11-14-23(35-18)19-6-2-4-8-22(19)30(32)33/h2-16H,1H3,(H,28,31)/b15-12+. The summed E-state index contributed by atoms with van der Waals surface area (Å²) in [7, 11) is 1.53. The van der Waals surface area contributed by atoms with Crippen LogP contribution in [0.3, 0.4) is 0 Å². The minimum atomic E-state index is -0.462. The van der Waals surface area contributed by atoms with Gasteiger partial charge in [-0.15, -0.1) is 11.3 Å². The number of amides is 1. The van der Waals surface area contributed by atoms with E-state index in [0.29, 0.717) is 28.5 Å². The molecule has 0 fully saturated rings. The number of carbonyl (C=O) groups is 1. The van der Waals surface area contributed by atoms with Crippen LogP contribution < -0.4 is 10.1 Å². The van der Waals surface area contributed by atoms with Gasteiger partial charge in [-0.05, 0) is 54.6 Å². The molecule has 2 aromatic heterocycles. The van der Waals surface area contributed by atoms with Crippen LogP contribution >= 0.6 is 11.3 Å². The van der Waals surface area contributed by atoms with Crippen LogP contribution in [-0.2, 0) is 4.79 Å². The van der Waals surface area contributed by atoms with Crippen molar-refractivity contribution in [3.8, 4) is 27.6 Å². The summed E-state index contributed by atoms with van der Waals surface area (Å²) in [5, 5.41) is 15.0. The summed E-state index contributed by atoms with van der Waals surface area (Å²) < 4.78 is 12.2. The smallest absolute Gasteiger partial charge is 0.280 e. The molecule has 0 atom stereocenters. The second-order valence-corrected chi connectivity index (χ2v) is 8.73. The zero-order valence-corrected chi connectivity index (χ0v) is 19.8. The molecular weight excluding hydrogens is 478 g/mol. The molecule has 36 heavy (non-hydrogen) atoms. The van der Waals surface area contributed by atoms with Gasteiger partial charge >= 0.3 is 0 Å². The fourth-order valence-corrected chi connectivity index (χ4v) is 4.66. The van der Waals surface area contributed by atoms with Crippen molar-refractivity contribution in [2.75, 3.05) is 12.4 Å². The summed E-state index contributed by atoms with van der Waals surface area (Å²) in [4.78, 5) is 28.2. The van der Waals surface area contributed by atoms with Gasteiger partial charge in [-0.3, -0.25) is 14.9 Å². The number of benzene rings is 3. The summed E-state index contributed by atoms with van der Waals surface area (Å²) in [5.41, 5.74) is 2.59. The number of rotatable bonds is 7. The number of carbonyl (C=O) groups excluding carboxylic acids is 1. The third-order valence-corrected chi connectivity index (χ3v) is 6.48. The van der Waals surface area contributed by atoms with Crippen molar-refractivity contribution >= 4 is 44.9 Å². The Kier molecular flexibility index (Phi) is 6.29. The Bertz CT molecular complexity index is 1590. The van der Waals surface area contributed by atoms with Gasteiger partial charge in [-0.2, -0.15) is 0 Å². The number of aromatic nitrogens is 1. The molecule has 0 saturated carbocycles. The van der Waals surface area contributed by atoms with Crippen LogP contribution in [0.5, 0.6) is 5.75 Å². The van der Waals surface area contributed by atoms with Crippen molar-refractivity contribution in [1.82, 2.24) is 4.98 Å². The molecule has 5 aromatic rings. The average molecular weight is 498 g/mol. The van der Waals surface area contributed by atoms with Gasteiger partial charge in [0, 0.05) is 17.7 Å². The van der Waals surface area contributed by atoms with E-state index in [2.05, 4.69) is 10.3 Å². The average Bonchev–Trinajstić information content (AvgIpc) is 3.55. The molecule has 0 aliphatic rings. The lowest BCUT2D eigenvalue weighted by molar-refractivity contribution is -0.384. The number of methoxy groups -OCH3 is 1. The zero-order valence-electron chi connectivity index (χ0n) is 19.0. The molecule has 9 heteroatoms. The highest BCUT2D eigenvalue weighted by molar-refractivity contribution is 7.21. The highest BCUT2D eigenvalue weighted by Gasteiger charge is 2.17. The predicted octanol–water partition coefficient (Wildman–Crippen LogP) is 6.79. The first-order valence-corrected chi connectivity index (χ1v) is 11.7. The summed E-state index contributed by atoms with van der Waals surface area (Å²) in [6, 6.07) is 23.0. The van der Waals surface area contributed by atoms with Crippen LogP contribution in [-0.4, -0.2) is 22.9 Å². The minimum absolute atomic E-state index is 0.0553. The maximum absolute atomic E-state index is 12.7. The molecule has 178 valence electrons. The number of ether oxygens (including phenoxy) is 1. The van der Waals surface area contributed by atoms with E-state index in [4.69, 9.17) is 9.15 Å². The zero-order chi connectivity index (χ0) is 25.1. The quantitative estimate of drug-likeness (QED) is 0.151. The van der Waals surface area contributed by atoms with E-state index in [1.54, 1.807) is 47.7 Å². The molecule has 0 saturated heterocycles. The molecule has 0 aliphatic heterocycles. The Morgan fingerprint density at radius 3 is 2.69 bits per heavy atom. The van der Waals surface area contributed by atoms with Crippen molar-refractivity contribution in [2.24, 2.45) is 0 Å². The molecule has 0 spiro atoms. The highest BCUT2D eigenvalue weighted by atomic mass is 32.1. The fraction of sp³-hybridized carbons (Fsp3) is 0.0370. The largest absolute Gasteiger partial charge is 0.495 e. The minimum Gasteiger partial charge on any atom is -0.495 e. The number of nitrogens with zero attached hydrogens (tertiary/aromatic N) is 2. The maximum atomic E-state index is 12.7. The first-order valence-electron chi connectivity index (χ1n) is 10.9. The van der Waals surface area contributed by atoms with Gasteiger partial charge in [-0.25, -0.2) is 4.98 Å². The molecule has 1 N–H and O–H groups in total. The Morgan fingerprint density at radius 1 is 1.08 bits per heavy atom. The number of hydrogen-bond acceptors (Lipinski definition) is 7. The van der Waals surface area contributed by atoms with Gasteiger partial charge in [0.25, 0.3) is 5.69 Å². The van der Waals surface area contributed by atoms with Crippen LogP contribution in [0.25, 0.3) is 38.2 Å². The Hall–Kier alpha value is -4.76. The maximum Gasteiger partial charge on any atom is 0.280 e. The number of fused-ring (bicyclic) bond motifs is 1. The fourth-order valence-electron chi connectivity index (χ4n) is 3.69. The second-order valence-electron chi connectivity index (χ2n) is 7.70. The number of furan rings is 1. The van der Waals surface area contributed by atoms with Gasteiger partial charge in [-0.1, -0.05) is 24.3 Å². The van der Waals surface area contributed by atoms with Crippen LogP contribution in [0.4, 0.5) is 11.4 Å². The number of thiazole rings is 1. The molecule has 0 unspecified atom stereocenters. The SMILES string of the molecule is COc1ccc(-c2nc3ccccc3s2)cc1NC(=O)/C=C/c1ccc(-c2ccccc2[N+](=O)[O-])o1. The van der Waals surface area contributed by atoms with Gasteiger partial charge in [0.15, 0.2) is 0 Å². The highest BCUT2D eigenvalue weighted by Crippen LogP contribution is 2.35. The van der Waals surface area contributed by atoms with Crippen molar-refractivity contribution < 1.29 is 18.9 Å². The Balaban J connectivity index is 1.34. The van der Waals surface area contributed by atoms with Crippen molar-refractivity contribution in [1.29, 1.82) is 0 Å². The predicted molar refractivity (Wildman–Crippen MR) is 140 cm³/mol. The first-order chi connectivity index (χ1) is 17.5. The summed E-state index contributed by atoms with van der Waals surface area (Å²) in [6.07, 6.45) is 2.82. The lowest BCUT2D eigenvalue weighted by Crippen LogP contribution is -2.09. The third-order valence-electron chi connectivity index (χ3n) is 5.39. The van der Waals surface area contributed by atoms with E-state index < -0.39 is 10.8 Å². The van der Waals surface area contributed by atoms with Crippen molar-refractivity contribution in [3.05, 3.63) is 101 Å². The molecule has 0 aliphatic carbocycles. The third kappa shape index (κ3) is 4.73. The number of nitro groups is 1. The van der Waals surface area contributed by atoms with E-state index in [1.807, 2.05) is 36.4 Å². The normalized spacial score (nSPS) is 11.1. The molecular formula is C27H19N3O5S. The Morgan fingerprint density at radius 2 is 1.89 bits per heavy atom. The number of anilines is 1. The van der Waals surface area contributed by atoms with E-state index in [0.717, 1.165) is 20.8 Å². The molecule has 3 aromatic carbocycles. The van der Waals surface area contributed by atoms with E-state index >= 15 is 0 Å². The van der Waals surface area contributed by atoms with Crippen LogP contribution in [0.15, 0.2) is 89.4 Å². The van der Waals surface area contributed by atoms with Crippen LogP contribution in [0.1, 0.15) is 5.76 Å². The lowest BCUT2D eigenvalue weighted by atomic mass is 10.1. The van der Waals surface area contributed by atoms with Gasteiger partial charge in [0.05, 0.1) is 33.5 Å². The van der Waals surface area contributed by atoms with E-state index in [9.17, 15) is 14.9 Å². The van der Waals surface area contributed by atoms with Gasteiger partial charge < -0.3 is 14.5 Å². The van der Waals surface area contributed by atoms with Crippen LogP contribution in [0.2, 0.25) is 0 Å². The molecule has 0 bridgehead atoms. The lowest BCUT2D eigenvalue weighted by Gasteiger charge is -2.10. The molecule has 5 rings (SSSR count). The molecule has 1 amide bonds. The number of para-hydroxylation sites is 2. The van der Waals surface area contributed by atoms with Gasteiger partial charge in [0.1, 0.15) is 22.3 Å². The monoisotopic (exact) mass is 497 g/mol.